The molecule has 3 heterocycles. The summed E-state index contributed by atoms with van der Waals surface area (Å²) < 4.78 is 8.08. The number of nitrogens with zero attached hydrogens (tertiary/aromatic N) is 6. The molecule has 0 atom stereocenters. The summed E-state index contributed by atoms with van der Waals surface area (Å²) in [4.78, 5) is 21.6. The van der Waals surface area contributed by atoms with Crippen LogP contribution in [0, 0.1) is 0 Å². The molecule has 5 rings (SSSR count). The normalized spacial score (nSPS) is 14.7. The molecule has 1 saturated heterocycles. The summed E-state index contributed by atoms with van der Waals surface area (Å²) in [5.74, 6) is 0.901. The quantitative estimate of drug-likeness (QED) is 0.516. The van der Waals surface area contributed by atoms with Crippen molar-refractivity contribution in [3.05, 3.63) is 42.5 Å². The smallest absolute Gasteiger partial charge is 0.244 e. The number of carbonyl (C=O) groups excluding carboxylic acids is 1. The summed E-state index contributed by atoms with van der Waals surface area (Å²) >= 11 is 1.66. The number of fused-ring (bicyclic) bond motifs is 2. The Kier molecular flexibility index (Phi) is 4.51. The van der Waals surface area contributed by atoms with Gasteiger partial charge in [0.25, 0.3) is 0 Å². The van der Waals surface area contributed by atoms with E-state index in [0.29, 0.717) is 13.1 Å². The first-order valence-electron chi connectivity index (χ1n) is 9.47. The van der Waals surface area contributed by atoms with Crippen molar-refractivity contribution in [3.8, 4) is 5.75 Å². The minimum Gasteiger partial charge on any atom is -0.497 e. The van der Waals surface area contributed by atoms with Crippen LogP contribution in [0.15, 0.2) is 42.5 Å². The number of hydrogen-bond donors (Lipinski definition) is 0. The van der Waals surface area contributed by atoms with Gasteiger partial charge in [0.05, 0.1) is 22.8 Å². The highest BCUT2D eigenvalue weighted by Gasteiger charge is 2.24. The second kappa shape index (κ2) is 7.32. The van der Waals surface area contributed by atoms with Crippen LogP contribution < -0.4 is 9.64 Å². The second-order valence-corrected chi connectivity index (χ2v) is 7.94. The van der Waals surface area contributed by atoms with Crippen LogP contribution in [-0.2, 0) is 11.3 Å². The molecule has 0 bridgehead atoms. The fraction of sp³-hybridized carbons (Fsp3) is 0.300. The molecule has 2 aromatic carbocycles. The van der Waals surface area contributed by atoms with Crippen LogP contribution in [0.3, 0.4) is 0 Å². The Bertz CT molecular complexity index is 1180. The zero-order valence-corrected chi connectivity index (χ0v) is 16.8. The van der Waals surface area contributed by atoms with Gasteiger partial charge in [-0.15, -0.1) is 5.10 Å². The van der Waals surface area contributed by atoms with Crippen LogP contribution >= 0.6 is 11.3 Å². The van der Waals surface area contributed by atoms with Gasteiger partial charge >= 0.3 is 0 Å². The van der Waals surface area contributed by atoms with Gasteiger partial charge in [0.2, 0.25) is 5.91 Å². The molecule has 0 aliphatic carbocycles. The number of methoxy groups -OCH3 is 1. The summed E-state index contributed by atoms with van der Waals surface area (Å²) in [6, 6.07) is 13.6. The molecular weight excluding hydrogens is 388 g/mol. The Hall–Kier alpha value is -3.20. The van der Waals surface area contributed by atoms with E-state index in [1.165, 1.54) is 0 Å². The zero-order chi connectivity index (χ0) is 19.8. The zero-order valence-electron chi connectivity index (χ0n) is 16.0. The Labute approximate surface area is 171 Å². The average molecular weight is 408 g/mol. The van der Waals surface area contributed by atoms with E-state index in [4.69, 9.17) is 9.72 Å². The molecule has 2 aromatic heterocycles. The maximum absolute atomic E-state index is 12.8. The van der Waals surface area contributed by atoms with Crippen molar-refractivity contribution >= 4 is 43.6 Å². The number of ether oxygens (including phenoxy) is 1. The number of benzene rings is 2. The molecular formula is C20H20N6O2S. The molecule has 1 aliphatic heterocycles. The number of piperazine rings is 1. The molecule has 0 saturated carbocycles. The minimum absolute atomic E-state index is 0.0642. The van der Waals surface area contributed by atoms with Crippen LogP contribution in [0.5, 0.6) is 5.75 Å². The Morgan fingerprint density at radius 1 is 1.10 bits per heavy atom. The summed E-state index contributed by atoms with van der Waals surface area (Å²) in [5, 5.41) is 9.23. The number of amides is 1. The molecule has 9 heteroatoms. The van der Waals surface area contributed by atoms with E-state index >= 15 is 0 Å². The predicted molar refractivity (Wildman–Crippen MR) is 112 cm³/mol. The lowest BCUT2D eigenvalue weighted by Gasteiger charge is -2.34. The number of rotatable bonds is 4. The standard InChI is InChI=1S/C20H20N6O2S/c1-28-14-6-7-16-18(12-14)29-20(21-16)25-10-8-24(9-11-25)19(27)13-26-17-5-3-2-4-15(17)22-23-26/h2-7,12H,8-11,13H2,1H3. The number of hydrogen-bond acceptors (Lipinski definition) is 7. The number of carbonyl (C=O) groups is 1. The Balaban J connectivity index is 1.24. The van der Waals surface area contributed by atoms with E-state index in [-0.39, 0.29) is 12.5 Å². The first kappa shape index (κ1) is 17.9. The van der Waals surface area contributed by atoms with Gasteiger partial charge in [-0.2, -0.15) is 0 Å². The van der Waals surface area contributed by atoms with E-state index < -0.39 is 0 Å². The third-order valence-corrected chi connectivity index (χ3v) is 6.27. The van der Waals surface area contributed by atoms with Crippen molar-refractivity contribution in [2.45, 2.75) is 6.54 Å². The van der Waals surface area contributed by atoms with Crippen LogP contribution in [0.25, 0.3) is 21.3 Å². The third-order valence-electron chi connectivity index (χ3n) is 5.19. The Morgan fingerprint density at radius 3 is 2.76 bits per heavy atom. The molecule has 1 amide bonds. The first-order valence-corrected chi connectivity index (χ1v) is 10.3. The monoisotopic (exact) mass is 408 g/mol. The highest BCUT2D eigenvalue weighted by Crippen LogP contribution is 2.31. The second-order valence-electron chi connectivity index (χ2n) is 6.93. The van der Waals surface area contributed by atoms with Crippen molar-refractivity contribution in [1.29, 1.82) is 0 Å². The molecule has 1 aliphatic rings. The van der Waals surface area contributed by atoms with E-state index in [0.717, 1.165) is 45.2 Å². The summed E-state index contributed by atoms with van der Waals surface area (Å²) in [6.07, 6.45) is 0. The molecule has 0 N–H and O–H groups in total. The number of thiazole rings is 1. The lowest BCUT2D eigenvalue weighted by molar-refractivity contribution is -0.132. The van der Waals surface area contributed by atoms with Crippen molar-refractivity contribution in [2.75, 3.05) is 38.2 Å². The average Bonchev–Trinajstić information content (AvgIpc) is 3.37. The van der Waals surface area contributed by atoms with Gasteiger partial charge in [-0.3, -0.25) is 4.79 Å². The Morgan fingerprint density at radius 2 is 1.93 bits per heavy atom. The van der Waals surface area contributed by atoms with Gasteiger partial charge in [-0.25, -0.2) is 9.67 Å². The number of anilines is 1. The fourth-order valence-electron chi connectivity index (χ4n) is 3.56. The molecule has 0 spiro atoms. The fourth-order valence-corrected chi connectivity index (χ4v) is 4.61. The minimum atomic E-state index is 0.0642. The largest absolute Gasteiger partial charge is 0.497 e. The van der Waals surface area contributed by atoms with Crippen LogP contribution in [0.1, 0.15) is 0 Å². The van der Waals surface area contributed by atoms with E-state index in [2.05, 4.69) is 15.2 Å². The molecule has 29 heavy (non-hydrogen) atoms. The molecule has 148 valence electrons. The topological polar surface area (TPSA) is 76.4 Å². The number of aromatic nitrogens is 4. The van der Waals surface area contributed by atoms with Gasteiger partial charge in [0.1, 0.15) is 17.8 Å². The molecule has 0 radical (unpaired) electrons. The molecule has 8 nitrogen and oxygen atoms in total. The lowest BCUT2D eigenvalue weighted by atomic mass is 10.3. The van der Waals surface area contributed by atoms with E-state index in [1.54, 1.807) is 23.1 Å². The SMILES string of the molecule is COc1ccc2nc(N3CCN(C(=O)Cn4nnc5ccccc54)CC3)sc2c1. The highest BCUT2D eigenvalue weighted by molar-refractivity contribution is 7.22. The van der Waals surface area contributed by atoms with Gasteiger partial charge in [-0.1, -0.05) is 28.7 Å². The van der Waals surface area contributed by atoms with Gasteiger partial charge in [0, 0.05) is 26.2 Å². The predicted octanol–water partition coefficient (Wildman–Crippen LogP) is 2.40. The lowest BCUT2D eigenvalue weighted by Crippen LogP contribution is -2.49. The van der Waals surface area contributed by atoms with Crippen LogP contribution in [-0.4, -0.2) is 64.1 Å². The van der Waals surface area contributed by atoms with Crippen LogP contribution in [0.2, 0.25) is 0 Å². The molecule has 1 fully saturated rings. The first-order chi connectivity index (χ1) is 14.2. The van der Waals surface area contributed by atoms with Crippen molar-refractivity contribution in [2.24, 2.45) is 0 Å². The third kappa shape index (κ3) is 3.38. The van der Waals surface area contributed by atoms with Gasteiger partial charge in [-0.05, 0) is 30.3 Å². The highest BCUT2D eigenvalue weighted by atomic mass is 32.1. The van der Waals surface area contributed by atoms with Gasteiger partial charge < -0.3 is 14.5 Å². The van der Waals surface area contributed by atoms with Crippen molar-refractivity contribution in [1.82, 2.24) is 24.9 Å². The number of para-hydroxylation sites is 1. The maximum Gasteiger partial charge on any atom is 0.244 e. The summed E-state index contributed by atoms with van der Waals surface area (Å²) in [5.41, 5.74) is 2.66. The van der Waals surface area contributed by atoms with E-state index in [1.807, 2.05) is 47.4 Å². The molecule has 0 unspecified atom stereocenters. The van der Waals surface area contributed by atoms with Crippen LogP contribution in [0.4, 0.5) is 5.13 Å². The van der Waals surface area contributed by atoms with Crippen molar-refractivity contribution in [3.63, 3.8) is 0 Å². The van der Waals surface area contributed by atoms with E-state index in [9.17, 15) is 4.79 Å². The molecule has 4 aromatic rings. The summed E-state index contributed by atoms with van der Waals surface area (Å²) in [6.45, 7) is 3.08. The van der Waals surface area contributed by atoms with Crippen molar-refractivity contribution < 1.29 is 9.53 Å². The summed E-state index contributed by atoms with van der Waals surface area (Å²) in [7, 11) is 1.67. The van der Waals surface area contributed by atoms with Gasteiger partial charge in [0.15, 0.2) is 5.13 Å². The maximum atomic E-state index is 12.8.